The summed E-state index contributed by atoms with van der Waals surface area (Å²) in [4.78, 5) is 0. The Labute approximate surface area is 91.9 Å². The molecule has 15 heavy (non-hydrogen) atoms. The van der Waals surface area contributed by atoms with E-state index in [-0.39, 0.29) is 6.61 Å². The van der Waals surface area contributed by atoms with Crippen LogP contribution in [0.1, 0.15) is 38.2 Å². The molecule has 0 aliphatic carbocycles. The zero-order valence-electron chi connectivity index (χ0n) is 9.57. The van der Waals surface area contributed by atoms with Crippen molar-refractivity contribution >= 4 is 0 Å². The second kappa shape index (κ2) is 6.46. The van der Waals surface area contributed by atoms with Gasteiger partial charge in [-0.25, -0.2) is 0 Å². The Bertz CT molecular complexity index is 284. The maximum atomic E-state index is 8.74. The fourth-order valence-electron chi connectivity index (χ4n) is 1.76. The molecular formula is C13H20O2. The van der Waals surface area contributed by atoms with Crippen LogP contribution in [-0.4, -0.2) is 18.3 Å². The van der Waals surface area contributed by atoms with Gasteiger partial charge in [-0.05, 0) is 24.0 Å². The minimum Gasteiger partial charge on any atom is -0.491 e. The fraction of sp³-hybridized carbons (Fsp3) is 0.538. The van der Waals surface area contributed by atoms with Crippen LogP contribution in [0.25, 0.3) is 0 Å². The molecule has 0 amide bonds. The summed E-state index contributed by atoms with van der Waals surface area (Å²) in [5.41, 5.74) is 1.24. The number of ether oxygens (including phenoxy) is 1. The average Bonchev–Trinajstić information content (AvgIpc) is 2.27. The van der Waals surface area contributed by atoms with Gasteiger partial charge in [0, 0.05) is 0 Å². The van der Waals surface area contributed by atoms with Gasteiger partial charge in [0.15, 0.2) is 0 Å². The maximum Gasteiger partial charge on any atom is 0.122 e. The molecule has 2 nitrogen and oxygen atoms in total. The molecule has 0 fully saturated rings. The molecule has 0 unspecified atom stereocenters. The van der Waals surface area contributed by atoms with E-state index in [1.807, 2.05) is 18.2 Å². The molecule has 0 spiro atoms. The van der Waals surface area contributed by atoms with E-state index in [2.05, 4.69) is 19.9 Å². The van der Waals surface area contributed by atoms with E-state index in [9.17, 15) is 0 Å². The van der Waals surface area contributed by atoms with Gasteiger partial charge in [0.05, 0.1) is 6.61 Å². The fourth-order valence-corrected chi connectivity index (χ4v) is 1.76. The lowest BCUT2D eigenvalue weighted by Crippen LogP contribution is -2.05. The first-order valence-electron chi connectivity index (χ1n) is 5.62. The average molecular weight is 208 g/mol. The van der Waals surface area contributed by atoms with Gasteiger partial charge in [0.1, 0.15) is 12.4 Å². The van der Waals surface area contributed by atoms with Crippen molar-refractivity contribution in [1.82, 2.24) is 0 Å². The lowest BCUT2D eigenvalue weighted by Gasteiger charge is -2.15. The highest BCUT2D eigenvalue weighted by Gasteiger charge is 2.09. The van der Waals surface area contributed by atoms with Gasteiger partial charge in [0.25, 0.3) is 0 Å². The maximum absolute atomic E-state index is 8.74. The summed E-state index contributed by atoms with van der Waals surface area (Å²) in [6.45, 7) is 4.84. The van der Waals surface area contributed by atoms with Crippen molar-refractivity contribution in [3.8, 4) is 5.75 Å². The Morgan fingerprint density at radius 1 is 1.33 bits per heavy atom. The monoisotopic (exact) mass is 208 g/mol. The summed E-state index contributed by atoms with van der Waals surface area (Å²) in [7, 11) is 0. The van der Waals surface area contributed by atoms with Crippen LogP contribution >= 0.6 is 0 Å². The van der Waals surface area contributed by atoms with Gasteiger partial charge < -0.3 is 9.84 Å². The third-order valence-electron chi connectivity index (χ3n) is 2.52. The molecule has 0 aromatic heterocycles. The van der Waals surface area contributed by atoms with Crippen LogP contribution in [0, 0.1) is 0 Å². The molecule has 0 bridgehead atoms. The van der Waals surface area contributed by atoms with Crippen molar-refractivity contribution in [2.75, 3.05) is 13.2 Å². The summed E-state index contributed by atoms with van der Waals surface area (Å²) < 4.78 is 5.50. The standard InChI is InChI=1S/C13H20O2/c1-3-6-11(2)12-7-4-5-8-13(12)15-10-9-14/h4-5,7-8,11,14H,3,6,9-10H2,1-2H3/t11-/m0/s1. The van der Waals surface area contributed by atoms with Gasteiger partial charge in [-0.1, -0.05) is 38.5 Å². The molecule has 1 atom stereocenters. The highest BCUT2D eigenvalue weighted by atomic mass is 16.5. The summed E-state index contributed by atoms with van der Waals surface area (Å²) >= 11 is 0. The second-order valence-corrected chi connectivity index (χ2v) is 3.80. The minimum atomic E-state index is 0.0660. The Morgan fingerprint density at radius 2 is 2.07 bits per heavy atom. The lowest BCUT2D eigenvalue weighted by molar-refractivity contribution is 0.199. The van der Waals surface area contributed by atoms with Crippen LogP contribution in [0.2, 0.25) is 0 Å². The van der Waals surface area contributed by atoms with E-state index in [1.165, 1.54) is 18.4 Å². The number of para-hydroxylation sites is 1. The largest absolute Gasteiger partial charge is 0.491 e. The third-order valence-corrected chi connectivity index (χ3v) is 2.52. The molecule has 1 aromatic rings. The van der Waals surface area contributed by atoms with E-state index in [4.69, 9.17) is 9.84 Å². The summed E-state index contributed by atoms with van der Waals surface area (Å²) in [6.07, 6.45) is 2.34. The van der Waals surface area contributed by atoms with E-state index in [0.29, 0.717) is 12.5 Å². The number of hydrogen-bond acceptors (Lipinski definition) is 2. The van der Waals surface area contributed by atoms with Crippen LogP contribution in [0.3, 0.4) is 0 Å². The predicted molar refractivity (Wildman–Crippen MR) is 62.3 cm³/mol. The quantitative estimate of drug-likeness (QED) is 0.778. The SMILES string of the molecule is CCC[C@H](C)c1ccccc1OCCO. The van der Waals surface area contributed by atoms with Crippen molar-refractivity contribution in [1.29, 1.82) is 0 Å². The van der Waals surface area contributed by atoms with Crippen LogP contribution in [0.4, 0.5) is 0 Å². The van der Waals surface area contributed by atoms with Crippen molar-refractivity contribution < 1.29 is 9.84 Å². The van der Waals surface area contributed by atoms with Crippen molar-refractivity contribution in [3.63, 3.8) is 0 Å². The topological polar surface area (TPSA) is 29.5 Å². The predicted octanol–water partition coefficient (Wildman–Crippen LogP) is 2.96. The normalized spacial score (nSPS) is 12.5. The van der Waals surface area contributed by atoms with Crippen molar-refractivity contribution in [2.45, 2.75) is 32.6 Å². The number of rotatable bonds is 6. The third kappa shape index (κ3) is 3.56. The van der Waals surface area contributed by atoms with E-state index >= 15 is 0 Å². The Kier molecular flexibility index (Phi) is 5.19. The zero-order valence-corrected chi connectivity index (χ0v) is 9.57. The summed E-state index contributed by atoms with van der Waals surface area (Å²) in [5.74, 6) is 1.43. The van der Waals surface area contributed by atoms with Gasteiger partial charge in [-0.2, -0.15) is 0 Å². The first-order chi connectivity index (χ1) is 7.29. The van der Waals surface area contributed by atoms with Crippen LogP contribution in [0.5, 0.6) is 5.75 Å². The molecule has 0 radical (unpaired) electrons. The first kappa shape index (κ1) is 12.1. The highest BCUT2D eigenvalue weighted by molar-refractivity contribution is 5.35. The lowest BCUT2D eigenvalue weighted by atomic mass is 9.96. The molecule has 0 aliphatic rings. The Balaban J connectivity index is 2.75. The Morgan fingerprint density at radius 3 is 2.73 bits per heavy atom. The van der Waals surface area contributed by atoms with E-state index < -0.39 is 0 Å². The summed E-state index contributed by atoms with van der Waals surface area (Å²) in [5, 5.41) is 8.74. The van der Waals surface area contributed by atoms with Crippen LogP contribution < -0.4 is 4.74 Å². The van der Waals surface area contributed by atoms with Crippen LogP contribution in [-0.2, 0) is 0 Å². The first-order valence-corrected chi connectivity index (χ1v) is 5.62. The summed E-state index contributed by atoms with van der Waals surface area (Å²) in [6, 6.07) is 8.08. The molecular weight excluding hydrogens is 188 g/mol. The minimum absolute atomic E-state index is 0.0660. The number of benzene rings is 1. The smallest absolute Gasteiger partial charge is 0.122 e. The number of aliphatic hydroxyl groups excluding tert-OH is 1. The zero-order chi connectivity index (χ0) is 11.1. The molecule has 0 saturated carbocycles. The van der Waals surface area contributed by atoms with Crippen LogP contribution in [0.15, 0.2) is 24.3 Å². The van der Waals surface area contributed by atoms with Gasteiger partial charge in [-0.3, -0.25) is 0 Å². The molecule has 0 aliphatic heterocycles. The molecule has 0 saturated heterocycles. The molecule has 1 aromatic carbocycles. The molecule has 0 heterocycles. The number of aliphatic hydroxyl groups is 1. The van der Waals surface area contributed by atoms with Gasteiger partial charge in [0.2, 0.25) is 0 Å². The molecule has 1 rings (SSSR count). The van der Waals surface area contributed by atoms with E-state index in [0.717, 1.165) is 5.75 Å². The van der Waals surface area contributed by atoms with Crippen molar-refractivity contribution in [3.05, 3.63) is 29.8 Å². The Hall–Kier alpha value is -1.02. The second-order valence-electron chi connectivity index (χ2n) is 3.80. The van der Waals surface area contributed by atoms with Gasteiger partial charge >= 0.3 is 0 Å². The molecule has 1 N–H and O–H groups in total. The van der Waals surface area contributed by atoms with Gasteiger partial charge in [-0.15, -0.1) is 0 Å². The molecule has 84 valence electrons. The van der Waals surface area contributed by atoms with E-state index in [1.54, 1.807) is 0 Å². The number of hydrogen-bond donors (Lipinski definition) is 1. The molecule has 2 heteroatoms. The highest BCUT2D eigenvalue weighted by Crippen LogP contribution is 2.29. The van der Waals surface area contributed by atoms with Crippen molar-refractivity contribution in [2.24, 2.45) is 0 Å².